The number of amides is 1. The second-order valence-corrected chi connectivity index (χ2v) is 10.4. The molecule has 4 saturated carbocycles. The van der Waals surface area contributed by atoms with Gasteiger partial charge >= 0.3 is 0 Å². The second kappa shape index (κ2) is 6.00. The van der Waals surface area contributed by atoms with Gasteiger partial charge in [0, 0.05) is 6.54 Å². The highest BCUT2D eigenvalue weighted by Gasteiger charge is 2.62. The number of carbonyl (C=O) groups is 1. The molecule has 0 radical (unpaired) electrons. The van der Waals surface area contributed by atoms with Gasteiger partial charge in [-0.1, -0.05) is 20.3 Å². The van der Waals surface area contributed by atoms with E-state index in [-0.39, 0.29) is 5.41 Å². The van der Waals surface area contributed by atoms with Crippen LogP contribution in [0.25, 0.3) is 0 Å². The quantitative estimate of drug-likeness (QED) is 0.773. The Morgan fingerprint density at radius 2 is 1.67 bits per heavy atom. The standard InChI is InChI=1S/C21H36N2O/c1-19-11-17-12-20(2,14-19)16-21(13-17,15-19)18(24)22-7-6-10-23-8-4-3-5-9-23/h17H,3-16H2,1-2H3,(H,22,24). The number of piperidine rings is 1. The Kier molecular flexibility index (Phi) is 4.22. The van der Waals surface area contributed by atoms with Gasteiger partial charge in [0.15, 0.2) is 0 Å². The fraction of sp³-hybridized carbons (Fsp3) is 0.952. The third-order valence-corrected chi connectivity index (χ3v) is 7.49. The van der Waals surface area contributed by atoms with Gasteiger partial charge in [-0.3, -0.25) is 4.79 Å². The highest BCUT2D eigenvalue weighted by molar-refractivity contribution is 5.83. The van der Waals surface area contributed by atoms with Crippen LogP contribution in [0.3, 0.4) is 0 Å². The number of hydrogen-bond donors (Lipinski definition) is 1. The second-order valence-electron chi connectivity index (χ2n) is 10.4. The van der Waals surface area contributed by atoms with Crippen molar-refractivity contribution < 1.29 is 4.79 Å². The van der Waals surface area contributed by atoms with E-state index in [4.69, 9.17) is 0 Å². The van der Waals surface area contributed by atoms with Crippen molar-refractivity contribution in [3.63, 3.8) is 0 Å². The van der Waals surface area contributed by atoms with Crippen LogP contribution in [0, 0.1) is 22.2 Å². The zero-order chi connectivity index (χ0) is 16.8. The molecule has 0 spiro atoms. The summed E-state index contributed by atoms with van der Waals surface area (Å²) in [5.74, 6) is 1.19. The lowest BCUT2D eigenvalue weighted by atomic mass is 9.40. The molecule has 3 heteroatoms. The summed E-state index contributed by atoms with van der Waals surface area (Å²) >= 11 is 0. The minimum atomic E-state index is -0.0337. The van der Waals surface area contributed by atoms with Crippen LogP contribution in [0.4, 0.5) is 0 Å². The maximum atomic E-state index is 13.1. The molecule has 4 aliphatic carbocycles. The van der Waals surface area contributed by atoms with Crippen LogP contribution in [0.5, 0.6) is 0 Å². The van der Waals surface area contributed by atoms with Gasteiger partial charge in [-0.2, -0.15) is 0 Å². The molecular weight excluding hydrogens is 296 g/mol. The Morgan fingerprint density at radius 1 is 1.00 bits per heavy atom. The molecule has 3 nitrogen and oxygen atoms in total. The maximum absolute atomic E-state index is 13.1. The van der Waals surface area contributed by atoms with E-state index in [9.17, 15) is 4.79 Å². The first kappa shape index (κ1) is 16.9. The lowest BCUT2D eigenvalue weighted by molar-refractivity contribution is -0.170. The van der Waals surface area contributed by atoms with E-state index >= 15 is 0 Å². The molecule has 136 valence electrons. The smallest absolute Gasteiger partial charge is 0.226 e. The first-order chi connectivity index (χ1) is 11.4. The van der Waals surface area contributed by atoms with Gasteiger partial charge < -0.3 is 10.2 Å². The van der Waals surface area contributed by atoms with Crippen LogP contribution in [0.2, 0.25) is 0 Å². The van der Waals surface area contributed by atoms with E-state index < -0.39 is 0 Å². The summed E-state index contributed by atoms with van der Waals surface area (Å²) in [6.07, 6.45) is 12.8. The van der Waals surface area contributed by atoms with Gasteiger partial charge in [0.25, 0.3) is 0 Å². The van der Waals surface area contributed by atoms with Crippen molar-refractivity contribution >= 4 is 5.91 Å². The van der Waals surface area contributed by atoms with Crippen LogP contribution in [-0.4, -0.2) is 37.0 Å². The topological polar surface area (TPSA) is 32.3 Å². The van der Waals surface area contributed by atoms with Crippen molar-refractivity contribution in [3.05, 3.63) is 0 Å². The molecule has 0 aromatic carbocycles. The van der Waals surface area contributed by atoms with E-state index in [1.165, 1.54) is 51.6 Å². The molecule has 24 heavy (non-hydrogen) atoms. The van der Waals surface area contributed by atoms with E-state index in [0.29, 0.717) is 16.7 Å². The van der Waals surface area contributed by atoms with Crippen LogP contribution >= 0.6 is 0 Å². The van der Waals surface area contributed by atoms with Crippen LogP contribution in [0.1, 0.15) is 78.1 Å². The summed E-state index contributed by atoms with van der Waals surface area (Å²) in [6.45, 7) is 9.45. The first-order valence-corrected chi connectivity index (χ1v) is 10.4. The summed E-state index contributed by atoms with van der Waals surface area (Å²) in [4.78, 5) is 15.7. The van der Waals surface area contributed by atoms with Crippen molar-refractivity contribution in [1.29, 1.82) is 0 Å². The lowest BCUT2D eigenvalue weighted by Crippen LogP contribution is -2.60. The molecule has 0 aromatic rings. The van der Waals surface area contributed by atoms with Gasteiger partial charge in [-0.05, 0) is 94.2 Å². The molecule has 1 heterocycles. The van der Waals surface area contributed by atoms with Crippen LogP contribution in [-0.2, 0) is 4.79 Å². The first-order valence-electron chi connectivity index (χ1n) is 10.4. The summed E-state index contributed by atoms with van der Waals surface area (Å²) in [7, 11) is 0. The predicted molar refractivity (Wildman–Crippen MR) is 97.8 cm³/mol. The van der Waals surface area contributed by atoms with E-state index in [1.807, 2.05) is 0 Å². The van der Waals surface area contributed by atoms with Crippen LogP contribution < -0.4 is 5.32 Å². The zero-order valence-corrected chi connectivity index (χ0v) is 15.8. The summed E-state index contributed by atoms with van der Waals surface area (Å²) in [6, 6.07) is 0. The molecule has 1 aliphatic heterocycles. The number of hydrogen-bond acceptors (Lipinski definition) is 2. The average molecular weight is 333 g/mol. The number of nitrogens with zero attached hydrogens (tertiary/aromatic N) is 1. The normalized spacial score (nSPS) is 44.7. The molecule has 1 N–H and O–H groups in total. The molecule has 1 amide bonds. The molecule has 5 fully saturated rings. The monoisotopic (exact) mass is 332 g/mol. The maximum Gasteiger partial charge on any atom is 0.226 e. The van der Waals surface area contributed by atoms with Crippen molar-refractivity contribution in [2.24, 2.45) is 22.2 Å². The Hall–Kier alpha value is -0.570. The molecule has 2 unspecified atom stereocenters. The number of nitrogens with one attached hydrogen (secondary N) is 1. The Bertz CT molecular complexity index is 478. The number of likely N-dealkylation sites (tertiary alicyclic amines) is 1. The molecule has 2 atom stereocenters. The number of carbonyl (C=O) groups excluding carboxylic acids is 1. The highest BCUT2D eigenvalue weighted by atomic mass is 16.2. The van der Waals surface area contributed by atoms with Crippen molar-refractivity contribution in [2.75, 3.05) is 26.2 Å². The fourth-order valence-corrected chi connectivity index (χ4v) is 7.58. The summed E-state index contributed by atoms with van der Waals surface area (Å²) < 4.78 is 0. The van der Waals surface area contributed by atoms with Crippen LogP contribution in [0.15, 0.2) is 0 Å². The summed E-state index contributed by atoms with van der Waals surface area (Å²) in [5.41, 5.74) is 0.826. The van der Waals surface area contributed by atoms with Gasteiger partial charge in [0.05, 0.1) is 5.41 Å². The van der Waals surface area contributed by atoms with Crippen molar-refractivity contribution in [1.82, 2.24) is 10.2 Å². The Balaban J connectivity index is 1.31. The molecule has 1 saturated heterocycles. The third-order valence-electron chi connectivity index (χ3n) is 7.49. The van der Waals surface area contributed by atoms with E-state index in [2.05, 4.69) is 24.1 Å². The van der Waals surface area contributed by atoms with E-state index in [1.54, 1.807) is 0 Å². The van der Waals surface area contributed by atoms with Crippen molar-refractivity contribution in [3.8, 4) is 0 Å². The van der Waals surface area contributed by atoms with Gasteiger partial charge in [0.2, 0.25) is 5.91 Å². The average Bonchev–Trinajstić information content (AvgIpc) is 2.49. The molecule has 4 bridgehead atoms. The molecule has 5 aliphatic rings. The van der Waals surface area contributed by atoms with Gasteiger partial charge in [-0.25, -0.2) is 0 Å². The summed E-state index contributed by atoms with van der Waals surface area (Å²) in [5, 5.41) is 3.35. The molecule has 5 rings (SSSR count). The molecule has 0 aromatic heterocycles. The Labute approximate surface area is 147 Å². The SMILES string of the molecule is CC12CC3CC(C)(C1)CC(C(=O)NCCCN1CCCCC1)(C3)C2. The lowest BCUT2D eigenvalue weighted by Gasteiger charge is -2.64. The minimum Gasteiger partial charge on any atom is -0.356 e. The van der Waals surface area contributed by atoms with Gasteiger partial charge in [-0.15, -0.1) is 0 Å². The number of rotatable bonds is 5. The third kappa shape index (κ3) is 3.13. The highest BCUT2D eigenvalue weighted by Crippen LogP contribution is 2.69. The minimum absolute atomic E-state index is 0.0337. The fourth-order valence-electron chi connectivity index (χ4n) is 7.58. The Morgan fingerprint density at radius 3 is 2.29 bits per heavy atom. The van der Waals surface area contributed by atoms with Gasteiger partial charge in [0.1, 0.15) is 0 Å². The largest absolute Gasteiger partial charge is 0.356 e. The van der Waals surface area contributed by atoms with E-state index in [0.717, 1.165) is 44.7 Å². The molecular formula is C21H36N2O. The zero-order valence-electron chi connectivity index (χ0n) is 15.8. The van der Waals surface area contributed by atoms with Crippen molar-refractivity contribution in [2.45, 2.75) is 78.1 Å². The predicted octanol–water partition coefficient (Wildman–Crippen LogP) is 3.98.